The maximum atomic E-state index is 11.5. The van der Waals surface area contributed by atoms with Gasteiger partial charge in [0.25, 0.3) is 0 Å². The van der Waals surface area contributed by atoms with Crippen LogP contribution in [0, 0.1) is 17.8 Å². The van der Waals surface area contributed by atoms with Crippen molar-refractivity contribution in [3.05, 3.63) is 0 Å². The van der Waals surface area contributed by atoms with Crippen LogP contribution in [0.2, 0.25) is 0 Å². The van der Waals surface area contributed by atoms with Crippen molar-refractivity contribution in [2.24, 2.45) is 22.9 Å². The second-order valence-corrected chi connectivity index (χ2v) is 6.33. The summed E-state index contributed by atoms with van der Waals surface area (Å²) >= 11 is 0. The van der Waals surface area contributed by atoms with Gasteiger partial charge in [0, 0.05) is 24.4 Å². The Morgan fingerprint density at radius 1 is 1.47 bits per heavy atom. The van der Waals surface area contributed by atoms with E-state index in [2.05, 4.69) is 29.5 Å². The molecule has 0 radical (unpaired) electrons. The van der Waals surface area contributed by atoms with Crippen LogP contribution in [-0.4, -0.2) is 43.4 Å². The van der Waals surface area contributed by atoms with Gasteiger partial charge in [-0.3, -0.25) is 4.84 Å². The SMILES string of the molecule is CC(C)NC(=O)O/N=C1\C2CCC(C2)C1CN(C)C. The molecule has 0 aromatic heterocycles. The van der Waals surface area contributed by atoms with Crippen molar-refractivity contribution in [3.63, 3.8) is 0 Å². The molecule has 0 saturated heterocycles. The molecule has 19 heavy (non-hydrogen) atoms. The Morgan fingerprint density at radius 3 is 2.84 bits per heavy atom. The highest BCUT2D eigenvalue weighted by Gasteiger charge is 2.45. The number of rotatable bonds is 4. The maximum Gasteiger partial charge on any atom is 0.433 e. The van der Waals surface area contributed by atoms with E-state index >= 15 is 0 Å². The lowest BCUT2D eigenvalue weighted by atomic mass is 9.87. The average Bonchev–Trinajstić information content (AvgIpc) is 2.86. The zero-order valence-corrected chi connectivity index (χ0v) is 12.3. The van der Waals surface area contributed by atoms with E-state index in [1.807, 2.05) is 13.8 Å². The maximum absolute atomic E-state index is 11.5. The predicted molar refractivity (Wildman–Crippen MR) is 75.1 cm³/mol. The van der Waals surface area contributed by atoms with Crippen molar-refractivity contribution < 1.29 is 9.63 Å². The molecule has 5 heteroatoms. The minimum absolute atomic E-state index is 0.0744. The first kappa shape index (κ1) is 14.3. The lowest BCUT2D eigenvalue weighted by Crippen LogP contribution is -2.34. The summed E-state index contributed by atoms with van der Waals surface area (Å²) in [4.78, 5) is 18.7. The molecule has 0 spiro atoms. The Kier molecular flexibility index (Phi) is 4.45. The summed E-state index contributed by atoms with van der Waals surface area (Å²) in [5.74, 6) is 1.71. The number of amides is 1. The Hall–Kier alpha value is -1.10. The molecule has 2 aliphatic carbocycles. The van der Waals surface area contributed by atoms with Crippen LogP contribution in [0.3, 0.4) is 0 Å². The third-order valence-corrected chi connectivity index (χ3v) is 4.04. The van der Waals surface area contributed by atoms with E-state index in [-0.39, 0.29) is 6.04 Å². The number of hydrogen-bond donors (Lipinski definition) is 1. The van der Waals surface area contributed by atoms with Gasteiger partial charge in [-0.05, 0) is 53.1 Å². The molecule has 3 atom stereocenters. The molecular weight excluding hydrogens is 242 g/mol. The highest BCUT2D eigenvalue weighted by molar-refractivity contribution is 5.92. The first-order valence-electron chi connectivity index (χ1n) is 7.17. The molecule has 3 unspecified atom stereocenters. The van der Waals surface area contributed by atoms with Crippen molar-refractivity contribution in [1.82, 2.24) is 10.2 Å². The Balaban J connectivity index is 1.98. The molecule has 2 rings (SSSR count). The van der Waals surface area contributed by atoms with Gasteiger partial charge >= 0.3 is 6.09 Å². The van der Waals surface area contributed by atoms with E-state index in [1.54, 1.807) is 0 Å². The van der Waals surface area contributed by atoms with E-state index in [0.717, 1.165) is 18.2 Å². The Bertz CT molecular complexity index is 366. The van der Waals surface area contributed by atoms with Gasteiger partial charge in [0.1, 0.15) is 0 Å². The van der Waals surface area contributed by atoms with Gasteiger partial charge in [-0.25, -0.2) is 4.79 Å². The summed E-state index contributed by atoms with van der Waals surface area (Å²) in [6, 6.07) is 0.0744. The van der Waals surface area contributed by atoms with Crippen molar-refractivity contribution >= 4 is 11.8 Å². The molecule has 0 heterocycles. The fourth-order valence-electron chi connectivity index (χ4n) is 3.33. The largest absolute Gasteiger partial charge is 0.433 e. The van der Waals surface area contributed by atoms with Gasteiger partial charge in [0.15, 0.2) is 0 Å². The highest BCUT2D eigenvalue weighted by Crippen LogP contribution is 2.46. The molecule has 1 N–H and O–H groups in total. The minimum Gasteiger partial charge on any atom is -0.317 e. The predicted octanol–water partition coefficient (Wildman–Crippen LogP) is 2.08. The van der Waals surface area contributed by atoms with Crippen LogP contribution in [0.25, 0.3) is 0 Å². The van der Waals surface area contributed by atoms with Gasteiger partial charge in [-0.2, -0.15) is 0 Å². The van der Waals surface area contributed by atoms with Crippen LogP contribution in [0.1, 0.15) is 33.1 Å². The number of nitrogens with one attached hydrogen (secondary N) is 1. The van der Waals surface area contributed by atoms with Crippen LogP contribution < -0.4 is 5.32 Å². The monoisotopic (exact) mass is 267 g/mol. The van der Waals surface area contributed by atoms with Crippen LogP contribution in [0.5, 0.6) is 0 Å². The van der Waals surface area contributed by atoms with Crippen molar-refractivity contribution in [3.8, 4) is 0 Å². The van der Waals surface area contributed by atoms with Crippen molar-refractivity contribution in [1.29, 1.82) is 0 Å². The first-order chi connectivity index (χ1) is 8.97. The molecule has 1 amide bonds. The molecule has 108 valence electrons. The Morgan fingerprint density at radius 2 is 2.21 bits per heavy atom. The third kappa shape index (κ3) is 3.47. The fourth-order valence-corrected chi connectivity index (χ4v) is 3.33. The topological polar surface area (TPSA) is 53.9 Å². The summed E-state index contributed by atoms with van der Waals surface area (Å²) in [6.07, 6.45) is 3.25. The molecule has 5 nitrogen and oxygen atoms in total. The van der Waals surface area contributed by atoms with E-state index in [9.17, 15) is 4.79 Å². The van der Waals surface area contributed by atoms with Gasteiger partial charge < -0.3 is 10.2 Å². The smallest absolute Gasteiger partial charge is 0.317 e. The molecule has 2 saturated carbocycles. The molecule has 2 fully saturated rings. The van der Waals surface area contributed by atoms with Crippen LogP contribution in [0.4, 0.5) is 4.79 Å². The van der Waals surface area contributed by atoms with Crippen molar-refractivity contribution in [2.75, 3.05) is 20.6 Å². The number of nitrogens with zero attached hydrogens (tertiary/aromatic N) is 2. The first-order valence-corrected chi connectivity index (χ1v) is 7.17. The zero-order chi connectivity index (χ0) is 14.0. The van der Waals surface area contributed by atoms with Gasteiger partial charge in [0.05, 0.1) is 5.71 Å². The summed E-state index contributed by atoms with van der Waals surface area (Å²) in [5.41, 5.74) is 1.10. The summed E-state index contributed by atoms with van der Waals surface area (Å²) in [7, 11) is 4.16. The van der Waals surface area contributed by atoms with Crippen LogP contribution in [0.15, 0.2) is 5.16 Å². The van der Waals surface area contributed by atoms with E-state index < -0.39 is 6.09 Å². The molecule has 0 aliphatic heterocycles. The molecular formula is C14H25N3O2. The lowest BCUT2D eigenvalue weighted by Gasteiger charge is -2.25. The van der Waals surface area contributed by atoms with Gasteiger partial charge in [-0.15, -0.1) is 0 Å². The zero-order valence-electron chi connectivity index (χ0n) is 12.3. The standard InChI is InChI=1S/C14H25N3O2/c1-9(2)15-14(18)19-16-13-11-6-5-10(7-11)12(13)8-17(3)4/h9-12H,5-8H2,1-4H3,(H,15,18)/b16-13+. The second-order valence-electron chi connectivity index (χ2n) is 6.33. The normalized spacial score (nSPS) is 31.5. The number of carbonyl (C=O) groups is 1. The van der Waals surface area contributed by atoms with E-state index in [1.165, 1.54) is 19.3 Å². The minimum atomic E-state index is -0.450. The van der Waals surface area contributed by atoms with Gasteiger partial charge in [0.2, 0.25) is 0 Å². The number of hydrogen-bond acceptors (Lipinski definition) is 4. The van der Waals surface area contributed by atoms with Gasteiger partial charge in [-0.1, -0.05) is 5.16 Å². The second kappa shape index (κ2) is 5.90. The molecule has 2 aliphatic rings. The summed E-state index contributed by atoms with van der Waals surface area (Å²) in [5, 5.41) is 6.86. The van der Waals surface area contributed by atoms with Crippen LogP contribution >= 0.6 is 0 Å². The molecule has 2 bridgehead atoms. The van der Waals surface area contributed by atoms with E-state index in [4.69, 9.17) is 4.84 Å². The van der Waals surface area contributed by atoms with Crippen LogP contribution in [-0.2, 0) is 4.84 Å². The lowest BCUT2D eigenvalue weighted by molar-refractivity contribution is 0.146. The number of carbonyl (C=O) groups excluding carboxylic acids is 1. The van der Waals surface area contributed by atoms with E-state index in [0.29, 0.717) is 11.8 Å². The third-order valence-electron chi connectivity index (χ3n) is 4.04. The quantitative estimate of drug-likeness (QED) is 0.627. The number of fused-ring (bicyclic) bond motifs is 2. The number of oxime groups is 1. The summed E-state index contributed by atoms with van der Waals surface area (Å²) in [6.45, 7) is 4.80. The Labute approximate surface area is 115 Å². The average molecular weight is 267 g/mol. The molecule has 0 aromatic rings. The fraction of sp³-hybridized carbons (Fsp3) is 0.857. The van der Waals surface area contributed by atoms with Crippen molar-refractivity contribution in [2.45, 2.75) is 39.2 Å². The summed E-state index contributed by atoms with van der Waals surface area (Å²) < 4.78 is 0. The molecule has 0 aromatic carbocycles. The highest BCUT2D eigenvalue weighted by atomic mass is 16.7.